The predicted molar refractivity (Wildman–Crippen MR) is 78.7 cm³/mol. The molecule has 0 amide bonds. The van der Waals surface area contributed by atoms with Crippen molar-refractivity contribution in [1.29, 1.82) is 0 Å². The van der Waals surface area contributed by atoms with Crippen molar-refractivity contribution in [3.8, 4) is 5.75 Å². The molecule has 0 aromatic heterocycles. The van der Waals surface area contributed by atoms with Gasteiger partial charge in [0.1, 0.15) is 5.75 Å². The third-order valence-corrected chi connectivity index (χ3v) is 4.47. The van der Waals surface area contributed by atoms with E-state index in [-0.39, 0.29) is 12.1 Å². The summed E-state index contributed by atoms with van der Waals surface area (Å²) in [5.74, 6) is 1.37. The lowest BCUT2D eigenvalue weighted by molar-refractivity contribution is 0.114. The average Bonchev–Trinajstić information content (AvgIpc) is 2.48. The molecule has 2 atom stereocenters. The Kier molecular flexibility index (Phi) is 4.70. The lowest BCUT2D eigenvalue weighted by Crippen LogP contribution is -2.50. The lowest BCUT2D eigenvalue weighted by Gasteiger charge is -2.44. The Labute approximate surface area is 116 Å². The second-order valence-corrected chi connectivity index (χ2v) is 5.49. The van der Waals surface area contributed by atoms with Crippen molar-refractivity contribution in [2.75, 3.05) is 19.0 Å². The molecule has 3 heteroatoms. The first-order valence-corrected chi connectivity index (χ1v) is 7.28. The summed E-state index contributed by atoms with van der Waals surface area (Å²) in [6.07, 6.45) is 5.77. The van der Waals surface area contributed by atoms with Gasteiger partial charge in [-0.05, 0) is 30.9 Å². The summed E-state index contributed by atoms with van der Waals surface area (Å²) in [7, 11) is 1.68. The Morgan fingerprint density at radius 3 is 2.84 bits per heavy atom. The smallest absolute Gasteiger partial charge is 0.141 e. The topological polar surface area (TPSA) is 41.5 Å². The molecular weight excluding hydrogens is 238 g/mol. The molecule has 0 saturated heterocycles. The van der Waals surface area contributed by atoms with Crippen LogP contribution < -0.4 is 10.1 Å². The number of rotatable bonds is 5. The summed E-state index contributed by atoms with van der Waals surface area (Å²) in [5, 5.41) is 13.6. The summed E-state index contributed by atoms with van der Waals surface area (Å²) >= 11 is 0. The zero-order valence-corrected chi connectivity index (χ0v) is 12.0. The van der Waals surface area contributed by atoms with Crippen molar-refractivity contribution in [2.24, 2.45) is 5.92 Å². The Bertz CT molecular complexity index is 407. The van der Waals surface area contributed by atoms with Crippen LogP contribution in [0.3, 0.4) is 0 Å². The van der Waals surface area contributed by atoms with Crippen molar-refractivity contribution in [2.45, 2.75) is 44.6 Å². The van der Waals surface area contributed by atoms with E-state index in [1.807, 2.05) is 24.3 Å². The highest BCUT2D eigenvalue weighted by Crippen LogP contribution is 2.40. The predicted octanol–water partition coefficient (Wildman–Crippen LogP) is 3.44. The molecule has 0 heterocycles. The fourth-order valence-electron chi connectivity index (χ4n) is 3.33. The molecule has 2 N–H and O–H groups in total. The minimum absolute atomic E-state index is 0.184. The molecule has 2 unspecified atom stereocenters. The van der Waals surface area contributed by atoms with E-state index < -0.39 is 0 Å². The van der Waals surface area contributed by atoms with Gasteiger partial charge in [-0.2, -0.15) is 0 Å². The fourth-order valence-corrected chi connectivity index (χ4v) is 3.33. The minimum atomic E-state index is -0.193. The monoisotopic (exact) mass is 263 g/mol. The van der Waals surface area contributed by atoms with E-state index >= 15 is 0 Å². The lowest BCUT2D eigenvalue weighted by atomic mass is 9.71. The standard InChI is InChI=1S/C16H25NO2/c1-3-13-8-6-7-11-16(13,12-18)17-14-9-4-5-10-15(14)19-2/h4-5,9-10,13,17-18H,3,6-8,11-12H2,1-2H3. The Balaban J connectivity index is 2.26. The van der Waals surface area contributed by atoms with Gasteiger partial charge in [-0.3, -0.25) is 0 Å². The molecule has 1 aliphatic carbocycles. The van der Waals surface area contributed by atoms with E-state index in [0.29, 0.717) is 5.92 Å². The molecule has 1 aromatic rings. The number of ether oxygens (including phenoxy) is 1. The summed E-state index contributed by atoms with van der Waals surface area (Å²) < 4.78 is 5.40. The van der Waals surface area contributed by atoms with Crippen molar-refractivity contribution in [3.05, 3.63) is 24.3 Å². The highest BCUT2D eigenvalue weighted by molar-refractivity contribution is 5.58. The molecule has 0 bridgehead atoms. The number of para-hydroxylation sites is 2. The maximum atomic E-state index is 9.96. The number of aliphatic hydroxyl groups excluding tert-OH is 1. The quantitative estimate of drug-likeness (QED) is 0.855. The number of aliphatic hydroxyl groups is 1. The van der Waals surface area contributed by atoms with Gasteiger partial charge < -0.3 is 15.2 Å². The van der Waals surface area contributed by atoms with Crippen LogP contribution in [-0.2, 0) is 0 Å². The van der Waals surface area contributed by atoms with Gasteiger partial charge >= 0.3 is 0 Å². The van der Waals surface area contributed by atoms with Crippen LogP contribution in [0.4, 0.5) is 5.69 Å². The number of anilines is 1. The maximum Gasteiger partial charge on any atom is 0.141 e. The van der Waals surface area contributed by atoms with Crippen molar-refractivity contribution in [3.63, 3.8) is 0 Å². The SMILES string of the molecule is CCC1CCCCC1(CO)Nc1ccccc1OC. The number of hydrogen-bond donors (Lipinski definition) is 2. The van der Waals surface area contributed by atoms with Gasteiger partial charge in [-0.1, -0.05) is 38.3 Å². The fraction of sp³-hybridized carbons (Fsp3) is 0.625. The molecule has 0 aliphatic heterocycles. The molecule has 3 nitrogen and oxygen atoms in total. The first-order valence-electron chi connectivity index (χ1n) is 7.28. The van der Waals surface area contributed by atoms with Gasteiger partial charge in [0, 0.05) is 0 Å². The highest BCUT2D eigenvalue weighted by atomic mass is 16.5. The van der Waals surface area contributed by atoms with Crippen LogP contribution in [0, 0.1) is 5.92 Å². The third kappa shape index (κ3) is 2.86. The number of methoxy groups -OCH3 is 1. The van der Waals surface area contributed by atoms with E-state index in [1.165, 1.54) is 19.3 Å². The Morgan fingerprint density at radius 2 is 2.16 bits per heavy atom. The van der Waals surface area contributed by atoms with E-state index in [1.54, 1.807) is 7.11 Å². The van der Waals surface area contributed by atoms with Crippen molar-refractivity contribution < 1.29 is 9.84 Å². The van der Waals surface area contributed by atoms with Crippen LogP contribution in [-0.4, -0.2) is 24.4 Å². The molecule has 1 aliphatic rings. The molecule has 1 aromatic carbocycles. The van der Waals surface area contributed by atoms with Crippen LogP contribution in [0.25, 0.3) is 0 Å². The van der Waals surface area contributed by atoms with Gasteiger partial charge in [-0.25, -0.2) is 0 Å². The highest BCUT2D eigenvalue weighted by Gasteiger charge is 2.39. The molecular formula is C16H25NO2. The molecule has 1 fully saturated rings. The second-order valence-electron chi connectivity index (χ2n) is 5.49. The molecule has 0 spiro atoms. The number of hydrogen-bond acceptors (Lipinski definition) is 3. The van der Waals surface area contributed by atoms with Crippen LogP contribution in [0.15, 0.2) is 24.3 Å². The van der Waals surface area contributed by atoms with E-state index in [0.717, 1.165) is 24.3 Å². The summed E-state index contributed by atoms with van der Waals surface area (Å²) in [6, 6.07) is 7.95. The van der Waals surface area contributed by atoms with E-state index in [2.05, 4.69) is 12.2 Å². The van der Waals surface area contributed by atoms with Gasteiger partial charge in [0.25, 0.3) is 0 Å². The van der Waals surface area contributed by atoms with Gasteiger partial charge in [0.2, 0.25) is 0 Å². The molecule has 19 heavy (non-hydrogen) atoms. The molecule has 1 saturated carbocycles. The van der Waals surface area contributed by atoms with Crippen LogP contribution in [0.5, 0.6) is 5.75 Å². The second kappa shape index (κ2) is 6.29. The first kappa shape index (κ1) is 14.2. The number of nitrogens with one attached hydrogen (secondary N) is 1. The first-order chi connectivity index (χ1) is 9.25. The molecule has 2 rings (SSSR count). The summed E-state index contributed by atoms with van der Waals surface area (Å²) in [4.78, 5) is 0. The largest absolute Gasteiger partial charge is 0.495 e. The van der Waals surface area contributed by atoms with Gasteiger partial charge in [0.15, 0.2) is 0 Å². The van der Waals surface area contributed by atoms with Gasteiger partial charge in [-0.15, -0.1) is 0 Å². The average molecular weight is 263 g/mol. The summed E-state index contributed by atoms with van der Waals surface area (Å²) in [6.45, 7) is 2.40. The van der Waals surface area contributed by atoms with Crippen molar-refractivity contribution >= 4 is 5.69 Å². The Morgan fingerprint density at radius 1 is 1.37 bits per heavy atom. The number of benzene rings is 1. The molecule has 0 radical (unpaired) electrons. The van der Waals surface area contributed by atoms with Crippen LogP contribution >= 0.6 is 0 Å². The maximum absolute atomic E-state index is 9.96. The van der Waals surface area contributed by atoms with Crippen LogP contribution in [0.2, 0.25) is 0 Å². The Hall–Kier alpha value is -1.22. The minimum Gasteiger partial charge on any atom is -0.495 e. The van der Waals surface area contributed by atoms with E-state index in [9.17, 15) is 5.11 Å². The molecule has 106 valence electrons. The van der Waals surface area contributed by atoms with E-state index in [4.69, 9.17) is 4.74 Å². The van der Waals surface area contributed by atoms with Gasteiger partial charge in [0.05, 0.1) is 24.9 Å². The third-order valence-electron chi connectivity index (χ3n) is 4.47. The normalized spacial score (nSPS) is 27.0. The summed E-state index contributed by atoms with van der Waals surface area (Å²) in [5.41, 5.74) is 0.793. The zero-order valence-electron chi connectivity index (χ0n) is 12.0. The zero-order chi connectivity index (χ0) is 13.7. The van der Waals surface area contributed by atoms with Crippen LogP contribution in [0.1, 0.15) is 39.0 Å². The van der Waals surface area contributed by atoms with Crippen molar-refractivity contribution in [1.82, 2.24) is 0 Å².